The minimum absolute atomic E-state index is 0.0103. The molecule has 29 heavy (non-hydrogen) atoms. The molecular formula is C22H26BNO5. The lowest BCUT2D eigenvalue weighted by Crippen LogP contribution is -2.42. The molecule has 1 fully saturated rings. The molecule has 7 heteroatoms. The van der Waals surface area contributed by atoms with Gasteiger partial charge in [0.15, 0.2) is 11.5 Å². The number of hydrogen-bond donors (Lipinski definition) is 2. The molecule has 4 rings (SSSR count). The van der Waals surface area contributed by atoms with Gasteiger partial charge >= 0.3 is 7.12 Å². The van der Waals surface area contributed by atoms with Crippen LogP contribution in [0.15, 0.2) is 36.4 Å². The van der Waals surface area contributed by atoms with E-state index in [2.05, 4.69) is 5.32 Å². The fraction of sp³-hybridized carbons (Fsp3) is 0.409. The molecule has 0 spiro atoms. The van der Waals surface area contributed by atoms with Gasteiger partial charge in [-0.05, 0) is 53.7 Å². The van der Waals surface area contributed by atoms with E-state index in [0.29, 0.717) is 18.1 Å². The van der Waals surface area contributed by atoms with E-state index in [9.17, 15) is 9.82 Å². The van der Waals surface area contributed by atoms with Crippen LogP contribution in [-0.4, -0.2) is 32.3 Å². The van der Waals surface area contributed by atoms with Gasteiger partial charge in [-0.1, -0.05) is 31.4 Å². The highest BCUT2D eigenvalue weighted by Gasteiger charge is 2.42. The first-order valence-corrected chi connectivity index (χ1v) is 10.0. The van der Waals surface area contributed by atoms with Crippen molar-refractivity contribution in [2.24, 2.45) is 0 Å². The molecule has 2 N–H and O–H groups in total. The van der Waals surface area contributed by atoms with Crippen LogP contribution < -0.4 is 20.3 Å². The number of fused-ring (bicyclic) bond motifs is 1. The van der Waals surface area contributed by atoms with E-state index in [0.717, 1.165) is 54.4 Å². The Hall–Kier alpha value is -2.51. The van der Waals surface area contributed by atoms with Crippen LogP contribution in [0.4, 0.5) is 5.69 Å². The van der Waals surface area contributed by atoms with Gasteiger partial charge in [0.1, 0.15) is 0 Å². The standard InChI is InChI=1S/C22H26BNO5/c1-27-19-9-6-16(13-20(19)28-2)22(10-4-3-5-11-22)21(25)24-17-7-8-18-15(12-17)14-29-23(18)26/h6-9,12-13,26H,3-5,10-11,14H2,1-2H3,(H,24,25). The number of ether oxygens (including phenoxy) is 2. The number of anilines is 1. The third-order valence-electron chi connectivity index (χ3n) is 6.14. The average molecular weight is 395 g/mol. The summed E-state index contributed by atoms with van der Waals surface area (Å²) < 4.78 is 16.1. The summed E-state index contributed by atoms with van der Waals surface area (Å²) in [7, 11) is 2.33. The zero-order valence-electron chi connectivity index (χ0n) is 16.9. The summed E-state index contributed by atoms with van der Waals surface area (Å²) in [6, 6.07) is 11.3. The van der Waals surface area contributed by atoms with Gasteiger partial charge in [-0.2, -0.15) is 0 Å². The number of nitrogens with one attached hydrogen (secondary N) is 1. The number of carbonyl (C=O) groups is 1. The Morgan fingerprint density at radius 2 is 1.83 bits per heavy atom. The zero-order valence-corrected chi connectivity index (χ0v) is 16.9. The minimum atomic E-state index is -0.883. The molecule has 1 saturated carbocycles. The first-order chi connectivity index (χ1) is 14.1. The predicted octanol–water partition coefficient (Wildman–Crippen LogP) is 2.76. The molecule has 1 amide bonds. The molecular weight excluding hydrogens is 369 g/mol. The van der Waals surface area contributed by atoms with Crippen LogP contribution in [0.3, 0.4) is 0 Å². The molecule has 152 valence electrons. The van der Waals surface area contributed by atoms with Crippen LogP contribution in [0.1, 0.15) is 43.2 Å². The van der Waals surface area contributed by atoms with Crippen molar-refractivity contribution < 1.29 is 23.9 Å². The summed E-state index contributed by atoms with van der Waals surface area (Å²) in [5, 5.41) is 12.9. The Morgan fingerprint density at radius 1 is 1.07 bits per heavy atom. The van der Waals surface area contributed by atoms with Crippen LogP contribution in [0.5, 0.6) is 11.5 Å². The molecule has 0 radical (unpaired) electrons. The predicted molar refractivity (Wildman–Crippen MR) is 112 cm³/mol. The summed E-state index contributed by atoms with van der Waals surface area (Å²) in [5.74, 6) is 1.27. The molecule has 0 unspecified atom stereocenters. The second-order valence-corrected chi connectivity index (χ2v) is 7.74. The topological polar surface area (TPSA) is 77.0 Å². The fourth-order valence-electron chi connectivity index (χ4n) is 4.49. The SMILES string of the molecule is COc1ccc(C2(C(=O)Nc3ccc4c(c3)COB4O)CCCCC2)cc1OC. The van der Waals surface area contributed by atoms with Crippen molar-refractivity contribution in [3.8, 4) is 11.5 Å². The molecule has 1 aliphatic heterocycles. The lowest BCUT2D eigenvalue weighted by Gasteiger charge is -2.36. The Kier molecular flexibility index (Phi) is 5.52. The first kappa shape index (κ1) is 19.8. The van der Waals surface area contributed by atoms with Gasteiger partial charge < -0.3 is 24.5 Å². The Morgan fingerprint density at radius 3 is 2.55 bits per heavy atom. The van der Waals surface area contributed by atoms with E-state index in [1.165, 1.54) is 0 Å². The molecule has 0 bridgehead atoms. The number of carbonyl (C=O) groups excluding carboxylic acids is 1. The minimum Gasteiger partial charge on any atom is -0.493 e. The summed E-state index contributed by atoms with van der Waals surface area (Å²) in [6.07, 6.45) is 4.73. The highest BCUT2D eigenvalue weighted by molar-refractivity contribution is 6.61. The van der Waals surface area contributed by atoms with Gasteiger partial charge in [0.25, 0.3) is 0 Å². The highest BCUT2D eigenvalue weighted by atomic mass is 16.5. The summed E-state index contributed by atoms with van der Waals surface area (Å²) in [4.78, 5) is 13.5. The summed E-state index contributed by atoms with van der Waals surface area (Å²) in [5.41, 5.74) is 2.73. The van der Waals surface area contributed by atoms with Crippen molar-refractivity contribution in [3.05, 3.63) is 47.5 Å². The quantitative estimate of drug-likeness (QED) is 0.762. The maximum absolute atomic E-state index is 13.5. The number of benzene rings is 2. The van der Waals surface area contributed by atoms with Crippen LogP contribution >= 0.6 is 0 Å². The van der Waals surface area contributed by atoms with E-state index in [1.807, 2.05) is 36.4 Å². The number of hydrogen-bond acceptors (Lipinski definition) is 5. The van der Waals surface area contributed by atoms with E-state index in [1.54, 1.807) is 14.2 Å². The Labute approximate surface area is 171 Å². The monoisotopic (exact) mass is 395 g/mol. The van der Waals surface area contributed by atoms with Crippen molar-refractivity contribution in [1.29, 1.82) is 0 Å². The first-order valence-electron chi connectivity index (χ1n) is 10.0. The number of amides is 1. The molecule has 1 heterocycles. The normalized spacial score (nSPS) is 17.6. The molecule has 1 aliphatic carbocycles. The van der Waals surface area contributed by atoms with Gasteiger partial charge in [-0.15, -0.1) is 0 Å². The van der Waals surface area contributed by atoms with E-state index >= 15 is 0 Å². The van der Waals surface area contributed by atoms with Crippen molar-refractivity contribution in [2.75, 3.05) is 19.5 Å². The van der Waals surface area contributed by atoms with Crippen LogP contribution in [0.2, 0.25) is 0 Å². The molecule has 2 aliphatic rings. The van der Waals surface area contributed by atoms with E-state index < -0.39 is 12.5 Å². The molecule has 6 nitrogen and oxygen atoms in total. The van der Waals surface area contributed by atoms with Gasteiger partial charge in [0.05, 0.1) is 26.2 Å². The second-order valence-electron chi connectivity index (χ2n) is 7.74. The van der Waals surface area contributed by atoms with Crippen LogP contribution in [-0.2, 0) is 21.5 Å². The lowest BCUT2D eigenvalue weighted by atomic mass is 9.68. The smallest absolute Gasteiger partial charge is 0.491 e. The third-order valence-corrected chi connectivity index (χ3v) is 6.14. The zero-order chi connectivity index (χ0) is 20.4. The maximum atomic E-state index is 13.5. The van der Waals surface area contributed by atoms with E-state index in [-0.39, 0.29) is 5.91 Å². The van der Waals surface area contributed by atoms with Gasteiger partial charge in [-0.3, -0.25) is 4.79 Å². The molecule has 2 aromatic rings. The van der Waals surface area contributed by atoms with Crippen molar-refractivity contribution in [3.63, 3.8) is 0 Å². The van der Waals surface area contributed by atoms with Crippen molar-refractivity contribution in [1.82, 2.24) is 0 Å². The number of rotatable bonds is 5. The van der Waals surface area contributed by atoms with Gasteiger partial charge in [0.2, 0.25) is 5.91 Å². The van der Waals surface area contributed by atoms with Crippen LogP contribution in [0.25, 0.3) is 0 Å². The molecule has 0 saturated heterocycles. The van der Waals surface area contributed by atoms with E-state index in [4.69, 9.17) is 14.1 Å². The molecule has 0 aromatic heterocycles. The highest BCUT2D eigenvalue weighted by Crippen LogP contribution is 2.43. The average Bonchev–Trinajstić information content (AvgIpc) is 3.13. The lowest BCUT2D eigenvalue weighted by molar-refractivity contribution is -0.122. The summed E-state index contributed by atoms with van der Waals surface area (Å²) >= 11 is 0. The van der Waals surface area contributed by atoms with Crippen LogP contribution in [0, 0.1) is 0 Å². The largest absolute Gasteiger partial charge is 0.493 e. The Balaban J connectivity index is 1.65. The van der Waals surface area contributed by atoms with Crippen molar-refractivity contribution in [2.45, 2.75) is 44.1 Å². The molecule has 2 aromatic carbocycles. The number of methoxy groups -OCH3 is 2. The molecule has 0 atom stereocenters. The second kappa shape index (κ2) is 8.09. The van der Waals surface area contributed by atoms with Gasteiger partial charge in [0, 0.05) is 5.69 Å². The van der Waals surface area contributed by atoms with Crippen molar-refractivity contribution >= 4 is 24.2 Å². The van der Waals surface area contributed by atoms with Gasteiger partial charge in [-0.25, -0.2) is 0 Å². The third kappa shape index (κ3) is 3.60. The maximum Gasteiger partial charge on any atom is 0.491 e. The summed E-state index contributed by atoms with van der Waals surface area (Å²) in [6.45, 7) is 0.348. The Bertz CT molecular complexity index is 910. The fourth-order valence-corrected chi connectivity index (χ4v) is 4.49.